The van der Waals surface area contributed by atoms with Crippen LogP contribution in [0.4, 0.5) is 0 Å². The van der Waals surface area contributed by atoms with Gasteiger partial charge in [-0.15, -0.1) is 31.7 Å². The molecule has 1 aliphatic heterocycles. The monoisotopic (exact) mass is 555 g/mol. The molecule has 4 heterocycles. The minimum atomic E-state index is -0.888. The Labute approximate surface area is 235 Å². The molecule has 0 radical (unpaired) electrons. The van der Waals surface area contributed by atoms with Crippen LogP contribution in [-0.2, 0) is 12.0 Å². The van der Waals surface area contributed by atoms with E-state index >= 15 is 0 Å². The van der Waals surface area contributed by atoms with E-state index in [2.05, 4.69) is 25.4 Å². The fraction of sp³-hybridized carbons (Fsp3) is 0.310. The SMILES string of the molecule is Cc1csc([C@H]2CCCN2C(=O)c2cc(-c3nnc(C)o3)cc(-c3nnc([C@@](C)(N)Cc4ccccc4)o3)c2)n1. The summed E-state index contributed by atoms with van der Waals surface area (Å²) < 4.78 is 11.8. The topological polar surface area (TPSA) is 137 Å². The smallest absolute Gasteiger partial charge is 0.254 e. The molecule has 11 heteroatoms. The summed E-state index contributed by atoms with van der Waals surface area (Å²) in [4.78, 5) is 20.5. The van der Waals surface area contributed by atoms with Crippen LogP contribution in [0, 0.1) is 13.8 Å². The lowest BCUT2D eigenvalue weighted by atomic mass is 9.94. The number of benzene rings is 2. The molecule has 0 unspecified atom stereocenters. The van der Waals surface area contributed by atoms with Gasteiger partial charge in [-0.05, 0) is 56.9 Å². The predicted molar refractivity (Wildman–Crippen MR) is 149 cm³/mol. The molecule has 0 bridgehead atoms. The van der Waals surface area contributed by atoms with Crippen LogP contribution in [0.25, 0.3) is 22.9 Å². The highest BCUT2D eigenvalue weighted by Crippen LogP contribution is 2.36. The molecule has 2 atom stereocenters. The Balaban J connectivity index is 1.36. The van der Waals surface area contributed by atoms with E-state index in [9.17, 15) is 4.79 Å². The van der Waals surface area contributed by atoms with Crippen LogP contribution in [0.3, 0.4) is 0 Å². The molecule has 3 aromatic heterocycles. The number of likely N-dealkylation sites (tertiary alicyclic amines) is 1. The van der Waals surface area contributed by atoms with Gasteiger partial charge in [0.05, 0.1) is 11.6 Å². The molecule has 10 nitrogen and oxygen atoms in total. The maximum absolute atomic E-state index is 13.9. The van der Waals surface area contributed by atoms with Gasteiger partial charge in [0.2, 0.25) is 23.6 Å². The minimum absolute atomic E-state index is 0.0603. The first-order valence-electron chi connectivity index (χ1n) is 13.1. The highest BCUT2D eigenvalue weighted by Gasteiger charge is 2.34. The summed E-state index contributed by atoms with van der Waals surface area (Å²) in [5.41, 5.74) is 9.36. The van der Waals surface area contributed by atoms with Crippen LogP contribution < -0.4 is 5.73 Å². The lowest BCUT2D eigenvalue weighted by molar-refractivity contribution is 0.0735. The Bertz CT molecular complexity index is 1660. The van der Waals surface area contributed by atoms with Crippen molar-refractivity contribution < 1.29 is 13.6 Å². The number of aryl methyl sites for hydroxylation is 2. The largest absolute Gasteiger partial charge is 0.421 e. The van der Waals surface area contributed by atoms with Gasteiger partial charge in [0.15, 0.2) is 0 Å². The second-order valence-electron chi connectivity index (χ2n) is 10.4. The summed E-state index contributed by atoms with van der Waals surface area (Å²) in [6, 6.07) is 15.2. The van der Waals surface area contributed by atoms with Crippen LogP contribution in [0.15, 0.2) is 62.7 Å². The molecule has 1 aliphatic rings. The number of amides is 1. The first-order chi connectivity index (χ1) is 19.3. The minimum Gasteiger partial charge on any atom is -0.421 e. The van der Waals surface area contributed by atoms with E-state index in [4.69, 9.17) is 14.6 Å². The van der Waals surface area contributed by atoms with Crippen LogP contribution >= 0.6 is 11.3 Å². The van der Waals surface area contributed by atoms with Gasteiger partial charge in [-0.1, -0.05) is 30.3 Å². The van der Waals surface area contributed by atoms with Crippen molar-refractivity contribution in [2.24, 2.45) is 5.73 Å². The van der Waals surface area contributed by atoms with Crippen molar-refractivity contribution in [1.29, 1.82) is 0 Å². The number of aromatic nitrogens is 5. The lowest BCUT2D eigenvalue weighted by Gasteiger charge is -2.23. The number of rotatable bonds is 7. The van der Waals surface area contributed by atoms with Crippen LogP contribution in [0.1, 0.15) is 64.2 Å². The van der Waals surface area contributed by atoms with E-state index in [1.165, 1.54) is 0 Å². The van der Waals surface area contributed by atoms with Crippen molar-refractivity contribution in [3.63, 3.8) is 0 Å². The van der Waals surface area contributed by atoms with E-state index in [0.29, 0.717) is 47.3 Å². The second kappa shape index (κ2) is 10.4. The van der Waals surface area contributed by atoms with E-state index < -0.39 is 5.54 Å². The molecule has 2 N–H and O–H groups in total. The van der Waals surface area contributed by atoms with Crippen molar-refractivity contribution in [3.05, 3.63) is 87.5 Å². The maximum Gasteiger partial charge on any atom is 0.254 e. The van der Waals surface area contributed by atoms with Crippen molar-refractivity contribution in [2.45, 2.75) is 51.6 Å². The van der Waals surface area contributed by atoms with Gasteiger partial charge in [-0.3, -0.25) is 4.79 Å². The maximum atomic E-state index is 13.9. The highest BCUT2D eigenvalue weighted by molar-refractivity contribution is 7.09. The summed E-state index contributed by atoms with van der Waals surface area (Å²) in [5, 5.41) is 19.7. The average molecular weight is 556 g/mol. The Kier molecular flexibility index (Phi) is 6.77. The number of thiazole rings is 1. The summed E-state index contributed by atoms with van der Waals surface area (Å²) in [6.45, 7) is 6.19. The zero-order valence-electron chi connectivity index (χ0n) is 22.5. The zero-order valence-corrected chi connectivity index (χ0v) is 23.3. The molecule has 6 rings (SSSR count). The highest BCUT2D eigenvalue weighted by atomic mass is 32.1. The van der Waals surface area contributed by atoms with Gasteiger partial charge < -0.3 is 19.5 Å². The fourth-order valence-corrected chi connectivity index (χ4v) is 5.98. The number of nitrogens with two attached hydrogens (primary N) is 1. The Morgan fingerprint density at radius 1 is 1.05 bits per heavy atom. The van der Waals surface area contributed by atoms with Crippen LogP contribution in [-0.4, -0.2) is 42.7 Å². The molecule has 204 valence electrons. The van der Waals surface area contributed by atoms with Gasteiger partial charge in [0, 0.05) is 41.2 Å². The van der Waals surface area contributed by atoms with Gasteiger partial charge in [0.25, 0.3) is 5.91 Å². The summed E-state index contributed by atoms with van der Waals surface area (Å²) in [5.74, 6) is 1.17. The van der Waals surface area contributed by atoms with Crippen molar-refractivity contribution >= 4 is 17.2 Å². The standard InChI is InChI=1S/C29H29N7O3S/c1-17-16-40-26(31-17)23-10-7-11-36(23)27(37)22-13-20(24-33-32-18(2)38-24)12-21(14-22)25-34-35-28(39-25)29(3,30)15-19-8-5-4-6-9-19/h4-6,8-9,12-14,16,23H,7,10-11,15,30H2,1-3H3/t23-,29+/m1/s1. The second-order valence-corrected chi connectivity index (χ2v) is 11.3. The zero-order chi connectivity index (χ0) is 27.9. The summed E-state index contributed by atoms with van der Waals surface area (Å²) >= 11 is 1.59. The molecule has 1 saturated heterocycles. The van der Waals surface area contributed by atoms with Crippen molar-refractivity contribution in [3.8, 4) is 22.9 Å². The molecule has 1 fully saturated rings. The molecule has 0 aliphatic carbocycles. The molecule has 40 heavy (non-hydrogen) atoms. The number of hydrogen-bond acceptors (Lipinski definition) is 10. The van der Waals surface area contributed by atoms with Crippen LogP contribution in [0.2, 0.25) is 0 Å². The van der Waals surface area contributed by atoms with Gasteiger partial charge in [-0.25, -0.2) is 4.98 Å². The van der Waals surface area contributed by atoms with Crippen molar-refractivity contribution in [2.75, 3.05) is 6.54 Å². The predicted octanol–water partition coefficient (Wildman–Crippen LogP) is 5.25. The number of carbonyl (C=O) groups excluding carboxylic acids is 1. The lowest BCUT2D eigenvalue weighted by Crippen LogP contribution is -2.35. The quantitative estimate of drug-likeness (QED) is 0.285. The molecule has 2 aromatic carbocycles. The Hall–Kier alpha value is -4.22. The van der Waals surface area contributed by atoms with Crippen molar-refractivity contribution in [1.82, 2.24) is 30.3 Å². The third-order valence-corrected chi connectivity index (χ3v) is 8.03. The molecule has 5 aromatic rings. The third-order valence-electron chi connectivity index (χ3n) is 6.96. The summed E-state index contributed by atoms with van der Waals surface area (Å²) in [6.07, 6.45) is 2.30. The van der Waals surface area contributed by atoms with Gasteiger partial charge in [-0.2, -0.15) is 0 Å². The Morgan fingerprint density at radius 2 is 1.77 bits per heavy atom. The fourth-order valence-electron chi connectivity index (χ4n) is 5.03. The third kappa shape index (κ3) is 5.17. The number of nitrogens with zero attached hydrogens (tertiary/aromatic N) is 6. The molecule has 1 amide bonds. The molecule has 0 saturated carbocycles. The van der Waals surface area contributed by atoms with Gasteiger partial charge in [0.1, 0.15) is 5.01 Å². The molecule has 0 spiro atoms. The summed E-state index contributed by atoms with van der Waals surface area (Å²) in [7, 11) is 0. The normalized spacial score (nSPS) is 16.8. The van der Waals surface area contributed by atoms with Gasteiger partial charge >= 0.3 is 0 Å². The van der Waals surface area contributed by atoms with E-state index in [1.807, 2.05) is 54.5 Å². The molecular weight excluding hydrogens is 526 g/mol. The molecular formula is C29H29N7O3S. The number of hydrogen-bond donors (Lipinski definition) is 1. The van der Waals surface area contributed by atoms with E-state index in [-0.39, 0.29) is 17.8 Å². The average Bonchev–Trinajstić information content (AvgIpc) is 3.75. The first-order valence-corrected chi connectivity index (χ1v) is 14.0. The van der Waals surface area contributed by atoms with E-state index in [1.54, 1.807) is 36.5 Å². The van der Waals surface area contributed by atoms with E-state index in [0.717, 1.165) is 29.1 Å². The number of carbonyl (C=O) groups is 1. The first kappa shape index (κ1) is 26.0. The Morgan fingerprint density at radius 3 is 2.45 bits per heavy atom. The van der Waals surface area contributed by atoms with Crippen LogP contribution in [0.5, 0.6) is 0 Å².